The Morgan fingerprint density at radius 2 is 1.93 bits per heavy atom. The van der Waals surface area contributed by atoms with E-state index in [0.717, 1.165) is 43.2 Å². The maximum Gasteiger partial charge on any atom is 0.228 e. The lowest BCUT2D eigenvalue weighted by atomic mass is 9.95. The molecule has 0 atom stereocenters. The van der Waals surface area contributed by atoms with Crippen LogP contribution >= 0.6 is 0 Å². The van der Waals surface area contributed by atoms with Crippen molar-refractivity contribution in [2.24, 2.45) is 18.9 Å². The molecule has 9 heteroatoms. The number of fused-ring (bicyclic) bond motifs is 1. The van der Waals surface area contributed by atoms with Gasteiger partial charge in [-0.3, -0.25) is 9.78 Å². The molecule has 1 saturated heterocycles. The van der Waals surface area contributed by atoms with Crippen LogP contribution in [0.15, 0.2) is 24.5 Å². The summed E-state index contributed by atoms with van der Waals surface area (Å²) in [4.78, 5) is 23.9. The predicted molar refractivity (Wildman–Crippen MR) is 110 cm³/mol. The number of aromatic nitrogens is 6. The standard InChI is InChI=1S/C20H26N8O/c1-13(2)12-28-6-4-14(5-7-28)20(29)23-18-9-15-8-17(19-24-25-26-27(19)3)21-10-16(15)11-22-18/h8-11,13-14H,4-7,12H2,1-3H3,(H,22,23,29). The number of amides is 1. The largest absolute Gasteiger partial charge is 0.310 e. The summed E-state index contributed by atoms with van der Waals surface area (Å²) >= 11 is 0. The predicted octanol–water partition coefficient (Wildman–Crippen LogP) is 2.13. The van der Waals surface area contributed by atoms with E-state index >= 15 is 0 Å². The summed E-state index contributed by atoms with van der Waals surface area (Å²) in [6.45, 7) is 7.50. The van der Waals surface area contributed by atoms with E-state index in [0.29, 0.717) is 23.3 Å². The molecular weight excluding hydrogens is 368 g/mol. The molecule has 1 N–H and O–H groups in total. The molecule has 3 aromatic rings. The first-order valence-electron chi connectivity index (χ1n) is 10.0. The smallest absolute Gasteiger partial charge is 0.228 e. The fourth-order valence-corrected chi connectivity index (χ4v) is 3.80. The Bertz CT molecular complexity index is 1010. The highest BCUT2D eigenvalue weighted by Gasteiger charge is 2.25. The highest BCUT2D eigenvalue weighted by atomic mass is 16.1. The fourth-order valence-electron chi connectivity index (χ4n) is 3.80. The molecule has 0 aromatic carbocycles. The molecule has 0 bridgehead atoms. The Labute approximate surface area is 169 Å². The molecule has 0 spiro atoms. The summed E-state index contributed by atoms with van der Waals surface area (Å²) in [5.74, 6) is 1.88. The summed E-state index contributed by atoms with van der Waals surface area (Å²) in [7, 11) is 1.77. The molecule has 0 aliphatic carbocycles. The summed E-state index contributed by atoms with van der Waals surface area (Å²) in [5.41, 5.74) is 0.672. The summed E-state index contributed by atoms with van der Waals surface area (Å²) in [6.07, 6.45) is 5.24. The number of carbonyl (C=O) groups is 1. The van der Waals surface area contributed by atoms with Gasteiger partial charge in [0.2, 0.25) is 5.91 Å². The van der Waals surface area contributed by atoms with Crippen molar-refractivity contribution in [3.63, 3.8) is 0 Å². The third-order valence-electron chi connectivity index (χ3n) is 5.29. The third-order valence-corrected chi connectivity index (χ3v) is 5.29. The maximum atomic E-state index is 12.7. The van der Waals surface area contributed by atoms with Gasteiger partial charge in [0, 0.05) is 37.3 Å². The van der Waals surface area contributed by atoms with Crippen LogP contribution in [0.4, 0.5) is 5.82 Å². The highest BCUT2D eigenvalue weighted by Crippen LogP contribution is 2.23. The summed E-state index contributed by atoms with van der Waals surface area (Å²) in [6, 6.07) is 3.78. The van der Waals surface area contributed by atoms with Crippen LogP contribution in [0.5, 0.6) is 0 Å². The number of anilines is 1. The number of likely N-dealkylation sites (tertiary alicyclic amines) is 1. The molecule has 0 saturated carbocycles. The van der Waals surface area contributed by atoms with Crippen molar-refractivity contribution >= 4 is 22.5 Å². The van der Waals surface area contributed by atoms with E-state index in [-0.39, 0.29) is 11.8 Å². The molecule has 0 radical (unpaired) electrons. The van der Waals surface area contributed by atoms with Gasteiger partial charge in [0.15, 0.2) is 5.82 Å². The van der Waals surface area contributed by atoms with E-state index < -0.39 is 0 Å². The van der Waals surface area contributed by atoms with Crippen LogP contribution in [0.1, 0.15) is 26.7 Å². The second-order valence-electron chi connectivity index (χ2n) is 8.07. The van der Waals surface area contributed by atoms with Gasteiger partial charge in [-0.05, 0) is 59.8 Å². The zero-order valence-electron chi connectivity index (χ0n) is 17.0. The van der Waals surface area contributed by atoms with Gasteiger partial charge < -0.3 is 10.2 Å². The molecule has 1 aliphatic heterocycles. The van der Waals surface area contributed by atoms with Crippen molar-refractivity contribution in [3.8, 4) is 11.5 Å². The molecule has 29 heavy (non-hydrogen) atoms. The maximum absolute atomic E-state index is 12.7. The summed E-state index contributed by atoms with van der Waals surface area (Å²) < 4.78 is 1.57. The number of nitrogens with zero attached hydrogens (tertiary/aromatic N) is 7. The fraction of sp³-hybridized carbons (Fsp3) is 0.500. The van der Waals surface area contributed by atoms with Crippen LogP contribution in [0.25, 0.3) is 22.3 Å². The minimum atomic E-state index is 0.0358. The van der Waals surface area contributed by atoms with Gasteiger partial charge in [-0.25, -0.2) is 9.67 Å². The second-order valence-corrected chi connectivity index (χ2v) is 8.07. The van der Waals surface area contributed by atoms with Crippen molar-refractivity contribution in [1.82, 2.24) is 35.1 Å². The third kappa shape index (κ3) is 4.40. The molecule has 3 aromatic heterocycles. The molecular formula is C20H26N8O. The Balaban J connectivity index is 1.45. The number of pyridine rings is 2. The zero-order chi connectivity index (χ0) is 20.4. The van der Waals surface area contributed by atoms with Crippen LogP contribution in [0, 0.1) is 11.8 Å². The lowest BCUT2D eigenvalue weighted by Gasteiger charge is -2.32. The average molecular weight is 394 g/mol. The summed E-state index contributed by atoms with van der Waals surface area (Å²) in [5, 5.41) is 16.3. The Kier molecular flexibility index (Phi) is 5.48. The van der Waals surface area contributed by atoms with Crippen LogP contribution in [-0.2, 0) is 11.8 Å². The van der Waals surface area contributed by atoms with Gasteiger partial charge in [0.05, 0.1) is 0 Å². The van der Waals surface area contributed by atoms with Gasteiger partial charge in [-0.2, -0.15) is 0 Å². The van der Waals surface area contributed by atoms with Gasteiger partial charge in [-0.15, -0.1) is 5.10 Å². The number of aryl methyl sites for hydroxylation is 1. The number of nitrogens with one attached hydrogen (secondary N) is 1. The van der Waals surface area contributed by atoms with Crippen molar-refractivity contribution in [2.45, 2.75) is 26.7 Å². The number of rotatable bonds is 5. The number of hydrogen-bond donors (Lipinski definition) is 1. The highest BCUT2D eigenvalue weighted by molar-refractivity contribution is 5.94. The monoisotopic (exact) mass is 394 g/mol. The molecule has 1 fully saturated rings. The Morgan fingerprint density at radius 1 is 1.17 bits per heavy atom. The molecule has 152 valence electrons. The SMILES string of the molecule is CC(C)CN1CCC(C(=O)Nc2cc3cc(-c4nnnn4C)ncc3cn2)CC1. The molecule has 0 unspecified atom stereocenters. The normalized spacial score (nSPS) is 15.9. The Morgan fingerprint density at radius 3 is 2.62 bits per heavy atom. The van der Waals surface area contributed by atoms with E-state index in [1.54, 1.807) is 24.1 Å². The minimum Gasteiger partial charge on any atom is -0.310 e. The first-order chi connectivity index (χ1) is 14.0. The van der Waals surface area contributed by atoms with Gasteiger partial charge in [0.1, 0.15) is 11.5 Å². The van der Waals surface area contributed by atoms with Crippen LogP contribution in [0.3, 0.4) is 0 Å². The molecule has 4 rings (SSSR count). The number of tetrazole rings is 1. The van der Waals surface area contributed by atoms with Crippen LogP contribution in [-0.4, -0.2) is 60.6 Å². The quantitative estimate of drug-likeness (QED) is 0.707. The van der Waals surface area contributed by atoms with Crippen molar-refractivity contribution < 1.29 is 4.79 Å². The van der Waals surface area contributed by atoms with Crippen molar-refractivity contribution in [3.05, 3.63) is 24.5 Å². The number of piperidine rings is 1. The van der Waals surface area contributed by atoms with Gasteiger partial charge in [-0.1, -0.05) is 13.8 Å². The van der Waals surface area contributed by atoms with Gasteiger partial charge in [0.25, 0.3) is 0 Å². The molecule has 1 aliphatic rings. The number of hydrogen-bond acceptors (Lipinski definition) is 7. The topological polar surface area (TPSA) is 102 Å². The Hall–Kier alpha value is -2.94. The molecule has 1 amide bonds. The second kappa shape index (κ2) is 8.20. The van der Waals surface area contributed by atoms with Crippen molar-refractivity contribution in [2.75, 3.05) is 25.0 Å². The average Bonchev–Trinajstić information content (AvgIpc) is 3.13. The van der Waals surface area contributed by atoms with E-state index in [4.69, 9.17) is 0 Å². The first kappa shape index (κ1) is 19.4. The van der Waals surface area contributed by atoms with Crippen molar-refractivity contribution in [1.29, 1.82) is 0 Å². The first-order valence-corrected chi connectivity index (χ1v) is 10.0. The zero-order valence-corrected chi connectivity index (χ0v) is 17.0. The number of carbonyl (C=O) groups excluding carboxylic acids is 1. The lowest BCUT2D eigenvalue weighted by molar-refractivity contribution is -0.121. The molecule has 9 nitrogen and oxygen atoms in total. The van der Waals surface area contributed by atoms with E-state index in [9.17, 15) is 4.79 Å². The lowest BCUT2D eigenvalue weighted by Crippen LogP contribution is -2.39. The van der Waals surface area contributed by atoms with E-state index in [2.05, 4.69) is 49.6 Å². The van der Waals surface area contributed by atoms with E-state index in [1.807, 2.05) is 12.1 Å². The molecule has 4 heterocycles. The van der Waals surface area contributed by atoms with Crippen LogP contribution < -0.4 is 5.32 Å². The van der Waals surface area contributed by atoms with Gasteiger partial charge >= 0.3 is 0 Å². The van der Waals surface area contributed by atoms with Crippen LogP contribution in [0.2, 0.25) is 0 Å². The minimum absolute atomic E-state index is 0.0358. The van der Waals surface area contributed by atoms with E-state index in [1.165, 1.54) is 0 Å².